The average molecular weight is 406 g/mol. The van der Waals surface area contributed by atoms with E-state index in [0.717, 1.165) is 20.1 Å². The molecule has 0 radical (unpaired) electrons. The van der Waals surface area contributed by atoms with Crippen molar-refractivity contribution >= 4 is 49.1 Å². The molecule has 5 heteroatoms. The van der Waals surface area contributed by atoms with Crippen molar-refractivity contribution in [3.63, 3.8) is 0 Å². The molecular weight excluding hydrogens is 393 g/mol. The predicted octanol–water partition coefficient (Wildman–Crippen LogP) is 5.33. The van der Waals surface area contributed by atoms with Gasteiger partial charge in [-0.3, -0.25) is 0 Å². The van der Waals surface area contributed by atoms with Crippen molar-refractivity contribution in [1.29, 1.82) is 0 Å². The molecule has 100 valence electrons. The second-order valence-corrected chi connectivity index (χ2v) is 6.31. The maximum absolute atomic E-state index is 6.18. The third-order valence-corrected chi connectivity index (χ3v) is 4.13. The van der Waals surface area contributed by atoms with Crippen LogP contribution in [0.4, 0.5) is 5.69 Å². The van der Waals surface area contributed by atoms with Crippen molar-refractivity contribution in [3.05, 3.63) is 55.4 Å². The van der Waals surface area contributed by atoms with Gasteiger partial charge in [-0.1, -0.05) is 23.7 Å². The van der Waals surface area contributed by atoms with Crippen LogP contribution in [0, 0.1) is 6.92 Å². The van der Waals surface area contributed by atoms with E-state index in [0.29, 0.717) is 23.1 Å². The van der Waals surface area contributed by atoms with Crippen LogP contribution in [0.3, 0.4) is 0 Å². The second kappa shape index (κ2) is 6.16. The fourth-order valence-corrected chi connectivity index (χ4v) is 3.38. The Hall–Kier alpha value is -0.710. The van der Waals surface area contributed by atoms with Crippen LogP contribution in [0.2, 0.25) is 5.02 Å². The molecule has 0 aliphatic carbocycles. The van der Waals surface area contributed by atoms with Gasteiger partial charge in [0.15, 0.2) is 0 Å². The van der Waals surface area contributed by atoms with E-state index in [1.807, 2.05) is 25.1 Å². The molecule has 2 aromatic rings. The highest BCUT2D eigenvalue weighted by atomic mass is 79.9. The third kappa shape index (κ3) is 3.65. The monoisotopic (exact) mass is 403 g/mol. The fraction of sp³-hybridized carbons (Fsp3) is 0.143. The second-order valence-electron chi connectivity index (χ2n) is 4.20. The topological polar surface area (TPSA) is 35.2 Å². The predicted molar refractivity (Wildman–Crippen MR) is 86.8 cm³/mol. The van der Waals surface area contributed by atoms with Crippen molar-refractivity contribution in [2.24, 2.45) is 0 Å². The normalized spacial score (nSPS) is 10.5. The van der Waals surface area contributed by atoms with Gasteiger partial charge >= 0.3 is 0 Å². The first kappa shape index (κ1) is 14.7. The number of anilines is 1. The number of ether oxygens (including phenoxy) is 1. The molecule has 19 heavy (non-hydrogen) atoms. The van der Waals surface area contributed by atoms with E-state index in [-0.39, 0.29) is 0 Å². The smallest absolute Gasteiger partial charge is 0.148 e. The van der Waals surface area contributed by atoms with Gasteiger partial charge in [-0.15, -0.1) is 0 Å². The Morgan fingerprint density at radius 1 is 1.16 bits per heavy atom. The van der Waals surface area contributed by atoms with Crippen LogP contribution >= 0.6 is 43.5 Å². The van der Waals surface area contributed by atoms with Crippen LogP contribution in [-0.2, 0) is 6.61 Å². The molecule has 0 aromatic heterocycles. The van der Waals surface area contributed by atoms with E-state index < -0.39 is 0 Å². The summed E-state index contributed by atoms with van der Waals surface area (Å²) in [6.45, 7) is 2.41. The number of nitrogens with two attached hydrogens (primary N) is 1. The highest BCUT2D eigenvalue weighted by molar-refractivity contribution is 9.11. The van der Waals surface area contributed by atoms with Gasteiger partial charge in [0.25, 0.3) is 0 Å². The van der Waals surface area contributed by atoms with Crippen LogP contribution in [0.15, 0.2) is 39.3 Å². The van der Waals surface area contributed by atoms with Crippen LogP contribution in [0.5, 0.6) is 5.75 Å². The average Bonchev–Trinajstić information content (AvgIpc) is 2.30. The lowest BCUT2D eigenvalue weighted by molar-refractivity contribution is 0.302. The van der Waals surface area contributed by atoms with Crippen LogP contribution < -0.4 is 10.5 Å². The highest BCUT2D eigenvalue weighted by Gasteiger charge is 2.09. The summed E-state index contributed by atoms with van der Waals surface area (Å²) in [6.07, 6.45) is 0. The number of nitrogen functional groups attached to an aromatic ring is 1. The summed E-state index contributed by atoms with van der Waals surface area (Å²) in [5.74, 6) is 0.714. The van der Waals surface area contributed by atoms with E-state index in [4.69, 9.17) is 22.1 Å². The lowest BCUT2D eigenvalue weighted by Gasteiger charge is -2.12. The molecule has 0 fully saturated rings. The Bertz CT molecular complexity index is 593. The summed E-state index contributed by atoms with van der Waals surface area (Å²) in [5, 5.41) is 0.711. The third-order valence-electron chi connectivity index (χ3n) is 2.60. The molecule has 0 saturated heterocycles. The zero-order chi connectivity index (χ0) is 14.0. The molecule has 0 amide bonds. The molecule has 2 aromatic carbocycles. The molecule has 0 unspecified atom stereocenters. The van der Waals surface area contributed by atoms with Gasteiger partial charge < -0.3 is 10.5 Å². The lowest BCUT2D eigenvalue weighted by atomic mass is 10.1. The Labute approximate surface area is 134 Å². The maximum atomic E-state index is 6.18. The molecule has 0 aliphatic heterocycles. The molecule has 0 atom stereocenters. The van der Waals surface area contributed by atoms with Crippen molar-refractivity contribution in [2.75, 3.05) is 5.73 Å². The summed E-state index contributed by atoms with van der Waals surface area (Å²) in [6, 6.07) is 9.51. The summed E-state index contributed by atoms with van der Waals surface area (Å²) in [5.41, 5.74) is 8.48. The summed E-state index contributed by atoms with van der Waals surface area (Å²) < 4.78 is 7.41. The summed E-state index contributed by atoms with van der Waals surface area (Å²) in [4.78, 5) is 0. The highest BCUT2D eigenvalue weighted by Crippen LogP contribution is 2.36. The first-order valence-corrected chi connectivity index (χ1v) is 7.56. The maximum Gasteiger partial charge on any atom is 0.148 e. The van der Waals surface area contributed by atoms with E-state index in [1.54, 1.807) is 12.1 Å². The molecule has 0 aliphatic rings. The molecule has 0 spiro atoms. The van der Waals surface area contributed by atoms with Crippen molar-refractivity contribution in [1.82, 2.24) is 0 Å². The van der Waals surface area contributed by atoms with E-state index in [2.05, 4.69) is 31.9 Å². The van der Waals surface area contributed by atoms with Crippen LogP contribution in [0.1, 0.15) is 11.1 Å². The molecule has 0 saturated carbocycles. The molecule has 0 bridgehead atoms. The minimum atomic E-state index is 0.403. The van der Waals surface area contributed by atoms with Crippen LogP contribution in [0.25, 0.3) is 0 Å². The first-order valence-electron chi connectivity index (χ1n) is 5.59. The van der Waals surface area contributed by atoms with Gasteiger partial charge in [-0.25, -0.2) is 0 Å². The first-order chi connectivity index (χ1) is 8.97. The molecule has 2 N–H and O–H groups in total. The largest absolute Gasteiger partial charge is 0.486 e. The minimum Gasteiger partial charge on any atom is -0.486 e. The van der Waals surface area contributed by atoms with Gasteiger partial charge in [0.1, 0.15) is 12.4 Å². The summed E-state index contributed by atoms with van der Waals surface area (Å²) >= 11 is 13.0. The van der Waals surface area contributed by atoms with Crippen molar-refractivity contribution < 1.29 is 4.74 Å². The minimum absolute atomic E-state index is 0.403. The lowest BCUT2D eigenvalue weighted by Crippen LogP contribution is -1.99. The quantitative estimate of drug-likeness (QED) is 0.700. The number of hydrogen-bond acceptors (Lipinski definition) is 2. The number of rotatable bonds is 3. The fourth-order valence-electron chi connectivity index (χ4n) is 1.64. The number of hydrogen-bond donors (Lipinski definition) is 1. The Morgan fingerprint density at radius 2 is 1.79 bits per heavy atom. The van der Waals surface area contributed by atoms with Gasteiger partial charge in [-0.05, 0) is 62.5 Å². The van der Waals surface area contributed by atoms with Gasteiger partial charge in [0.05, 0.1) is 8.95 Å². The van der Waals surface area contributed by atoms with Gasteiger partial charge in [-0.2, -0.15) is 0 Å². The Morgan fingerprint density at radius 3 is 2.37 bits per heavy atom. The standard InChI is InChI=1S/C14H12Br2ClNO/c1-8-2-3-9(13(17)4-8)7-19-14-11(15)5-10(18)6-12(14)16/h2-6H,7,18H2,1H3. The van der Waals surface area contributed by atoms with E-state index in [9.17, 15) is 0 Å². The van der Waals surface area contributed by atoms with E-state index >= 15 is 0 Å². The number of aryl methyl sites for hydroxylation is 1. The molecular formula is C14H12Br2ClNO. The number of halogens is 3. The Balaban J connectivity index is 2.19. The summed E-state index contributed by atoms with van der Waals surface area (Å²) in [7, 11) is 0. The zero-order valence-electron chi connectivity index (χ0n) is 10.2. The van der Waals surface area contributed by atoms with Crippen molar-refractivity contribution in [3.8, 4) is 5.75 Å². The SMILES string of the molecule is Cc1ccc(COc2c(Br)cc(N)cc2Br)c(Cl)c1. The van der Waals surface area contributed by atoms with Gasteiger partial charge in [0, 0.05) is 16.3 Å². The zero-order valence-corrected chi connectivity index (χ0v) is 14.1. The van der Waals surface area contributed by atoms with Gasteiger partial charge in [0.2, 0.25) is 0 Å². The molecule has 0 heterocycles. The van der Waals surface area contributed by atoms with E-state index in [1.165, 1.54) is 0 Å². The molecule has 2 nitrogen and oxygen atoms in total. The number of benzene rings is 2. The Kier molecular flexibility index (Phi) is 4.76. The van der Waals surface area contributed by atoms with Crippen molar-refractivity contribution in [2.45, 2.75) is 13.5 Å². The van der Waals surface area contributed by atoms with Crippen LogP contribution in [-0.4, -0.2) is 0 Å². The molecule has 2 rings (SSSR count).